The molecule has 1 saturated heterocycles. The quantitative estimate of drug-likeness (QED) is 0.378. The van der Waals surface area contributed by atoms with Crippen molar-refractivity contribution in [2.24, 2.45) is 12.0 Å². The molecule has 10 nitrogen and oxygen atoms in total. The number of carbonyl (C=O) groups is 1. The number of likely N-dealkylation sites (tertiary alicyclic amines) is 1. The van der Waals surface area contributed by atoms with Crippen LogP contribution in [0.2, 0.25) is 0 Å². The van der Waals surface area contributed by atoms with Gasteiger partial charge in [-0.05, 0) is 68.3 Å². The first-order valence-corrected chi connectivity index (χ1v) is 12.7. The Bertz CT molecular complexity index is 1340. The maximum absolute atomic E-state index is 12.2. The topological polar surface area (TPSA) is 110 Å². The molecule has 3 aromatic rings. The van der Waals surface area contributed by atoms with Crippen LogP contribution in [0.15, 0.2) is 64.6 Å². The largest absolute Gasteiger partial charge is 0.489 e. The second kappa shape index (κ2) is 12.4. The average Bonchev–Trinajstić information content (AvgIpc) is 2.92. The lowest BCUT2D eigenvalue weighted by molar-refractivity contribution is 0.114. The Hall–Kier alpha value is -4.18. The van der Waals surface area contributed by atoms with E-state index in [1.165, 1.54) is 4.57 Å². The van der Waals surface area contributed by atoms with Crippen molar-refractivity contribution >= 4 is 17.7 Å². The fourth-order valence-electron chi connectivity index (χ4n) is 4.21. The number of piperidine rings is 1. The monoisotopic (exact) mass is 518 g/mol. The van der Waals surface area contributed by atoms with Gasteiger partial charge >= 0.3 is 6.09 Å². The van der Waals surface area contributed by atoms with E-state index < -0.39 is 6.09 Å². The number of aryl methyl sites for hydroxylation is 1. The minimum Gasteiger partial charge on any atom is -0.489 e. The van der Waals surface area contributed by atoms with Crippen LogP contribution >= 0.6 is 0 Å². The summed E-state index contributed by atoms with van der Waals surface area (Å²) in [6, 6.07) is 13.0. The molecule has 0 aliphatic carbocycles. The number of anilines is 1. The smallest absolute Gasteiger partial charge is 0.413 e. The van der Waals surface area contributed by atoms with Crippen molar-refractivity contribution < 1.29 is 14.3 Å². The molecule has 0 radical (unpaired) electrons. The molecular weight excluding hydrogens is 484 g/mol. The van der Waals surface area contributed by atoms with Gasteiger partial charge in [0.15, 0.2) is 0 Å². The summed E-state index contributed by atoms with van der Waals surface area (Å²) in [6.45, 7) is 4.01. The predicted octanol–water partition coefficient (Wildman–Crippen LogP) is 3.73. The van der Waals surface area contributed by atoms with Crippen molar-refractivity contribution in [3.05, 3.63) is 65.2 Å². The number of aromatic nitrogens is 2. The standard InChI is InChI=1S/C28H34N6O4/c1-5-37-28(36)32-27(29-2)31-25-8-6-19(20-10-15-34(4)26(35)17-20)16-23(25)24-9-7-22(18-30-24)38-21-11-13-33(3)14-12-21/h6-10,15-18,21H,5,11-14H2,1-4H3,(H2,29,31,32,36). The molecule has 0 unspecified atom stereocenters. The van der Waals surface area contributed by atoms with Crippen LogP contribution in [-0.4, -0.2) is 66.4 Å². The van der Waals surface area contributed by atoms with E-state index in [0.29, 0.717) is 11.4 Å². The van der Waals surface area contributed by atoms with Gasteiger partial charge in [-0.3, -0.25) is 20.1 Å². The first-order chi connectivity index (χ1) is 18.4. The Balaban J connectivity index is 1.64. The first kappa shape index (κ1) is 26.9. The molecule has 0 saturated carbocycles. The molecule has 0 spiro atoms. The first-order valence-electron chi connectivity index (χ1n) is 12.7. The molecule has 1 aliphatic rings. The highest BCUT2D eigenvalue weighted by molar-refractivity contribution is 6.04. The van der Waals surface area contributed by atoms with Gasteiger partial charge in [0, 0.05) is 45.0 Å². The molecule has 2 N–H and O–H groups in total. The van der Waals surface area contributed by atoms with Crippen LogP contribution in [0.3, 0.4) is 0 Å². The van der Waals surface area contributed by atoms with Crippen LogP contribution < -0.4 is 20.9 Å². The molecule has 200 valence electrons. The summed E-state index contributed by atoms with van der Waals surface area (Å²) < 4.78 is 12.7. The van der Waals surface area contributed by atoms with E-state index >= 15 is 0 Å². The van der Waals surface area contributed by atoms with E-state index in [1.807, 2.05) is 36.4 Å². The lowest BCUT2D eigenvalue weighted by atomic mass is 10.0. The molecular formula is C28H34N6O4. The van der Waals surface area contributed by atoms with Crippen LogP contribution in [0.5, 0.6) is 5.75 Å². The number of rotatable bonds is 6. The van der Waals surface area contributed by atoms with E-state index in [2.05, 4.69) is 32.6 Å². The Labute approximate surface area is 222 Å². The number of amides is 1. The molecule has 1 aromatic carbocycles. The number of nitrogens with one attached hydrogen (secondary N) is 2. The molecule has 1 amide bonds. The van der Waals surface area contributed by atoms with Crippen LogP contribution in [0.25, 0.3) is 22.4 Å². The summed E-state index contributed by atoms with van der Waals surface area (Å²) in [5.41, 5.74) is 3.67. The zero-order chi connectivity index (χ0) is 27.1. The van der Waals surface area contributed by atoms with Crippen molar-refractivity contribution in [1.82, 2.24) is 19.8 Å². The molecule has 4 rings (SSSR count). The Kier molecular flexibility index (Phi) is 8.75. The summed E-state index contributed by atoms with van der Waals surface area (Å²) in [5, 5.41) is 5.77. The lowest BCUT2D eigenvalue weighted by Gasteiger charge is -2.29. The third-order valence-corrected chi connectivity index (χ3v) is 6.41. The normalized spacial score (nSPS) is 14.7. The van der Waals surface area contributed by atoms with Crippen molar-refractivity contribution in [2.45, 2.75) is 25.9 Å². The highest BCUT2D eigenvalue weighted by atomic mass is 16.5. The van der Waals surface area contributed by atoms with Crippen LogP contribution in [-0.2, 0) is 11.8 Å². The van der Waals surface area contributed by atoms with E-state index in [-0.39, 0.29) is 24.2 Å². The molecule has 0 bridgehead atoms. The van der Waals surface area contributed by atoms with Crippen molar-refractivity contribution in [3.63, 3.8) is 0 Å². The number of benzene rings is 1. The van der Waals surface area contributed by atoms with Gasteiger partial charge in [-0.15, -0.1) is 0 Å². The van der Waals surface area contributed by atoms with Crippen LogP contribution in [0, 0.1) is 0 Å². The van der Waals surface area contributed by atoms with Gasteiger partial charge < -0.3 is 24.3 Å². The average molecular weight is 519 g/mol. The number of hydrogen-bond acceptors (Lipinski definition) is 7. The third kappa shape index (κ3) is 6.77. The molecule has 2 aromatic heterocycles. The van der Waals surface area contributed by atoms with Crippen molar-refractivity contribution in [1.29, 1.82) is 0 Å². The van der Waals surface area contributed by atoms with Gasteiger partial charge in [-0.2, -0.15) is 0 Å². The zero-order valence-corrected chi connectivity index (χ0v) is 22.2. The molecule has 3 heterocycles. The molecule has 0 atom stereocenters. The van der Waals surface area contributed by atoms with Gasteiger partial charge in [0.2, 0.25) is 5.96 Å². The number of guanidine groups is 1. The molecule has 10 heteroatoms. The molecule has 1 aliphatic heterocycles. The number of alkyl carbamates (subject to hydrolysis) is 1. The minimum atomic E-state index is -0.604. The summed E-state index contributed by atoms with van der Waals surface area (Å²) in [7, 11) is 5.40. The fourth-order valence-corrected chi connectivity index (χ4v) is 4.21. The van der Waals surface area contributed by atoms with Gasteiger partial charge in [0.25, 0.3) is 5.56 Å². The van der Waals surface area contributed by atoms with E-state index in [9.17, 15) is 9.59 Å². The summed E-state index contributed by atoms with van der Waals surface area (Å²) in [4.78, 5) is 35.3. The maximum atomic E-state index is 12.2. The summed E-state index contributed by atoms with van der Waals surface area (Å²) in [5.74, 6) is 0.952. The van der Waals surface area contributed by atoms with Gasteiger partial charge in [-0.25, -0.2) is 4.79 Å². The fraction of sp³-hybridized carbons (Fsp3) is 0.357. The van der Waals surface area contributed by atoms with Gasteiger partial charge in [0.05, 0.1) is 24.2 Å². The number of ether oxygens (including phenoxy) is 2. The van der Waals surface area contributed by atoms with Crippen molar-refractivity contribution in [2.75, 3.05) is 39.1 Å². The second-order valence-corrected chi connectivity index (χ2v) is 9.17. The Morgan fingerprint density at radius 3 is 2.53 bits per heavy atom. The van der Waals surface area contributed by atoms with E-state index in [1.54, 1.807) is 39.5 Å². The number of pyridine rings is 2. The lowest BCUT2D eigenvalue weighted by Crippen LogP contribution is -2.36. The Morgan fingerprint density at radius 2 is 1.87 bits per heavy atom. The second-order valence-electron chi connectivity index (χ2n) is 9.17. The highest BCUT2D eigenvalue weighted by Crippen LogP contribution is 2.32. The Morgan fingerprint density at radius 1 is 1.11 bits per heavy atom. The number of nitrogens with zero attached hydrogens (tertiary/aromatic N) is 4. The predicted molar refractivity (Wildman–Crippen MR) is 149 cm³/mol. The van der Waals surface area contributed by atoms with Gasteiger partial charge in [-0.1, -0.05) is 6.07 Å². The van der Waals surface area contributed by atoms with E-state index in [4.69, 9.17) is 9.47 Å². The number of hydrogen-bond donors (Lipinski definition) is 2. The minimum absolute atomic E-state index is 0.0983. The van der Waals surface area contributed by atoms with Gasteiger partial charge in [0.1, 0.15) is 11.9 Å². The third-order valence-electron chi connectivity index (χ3n) is 6.41. The van der Waals surface area contributed by atoms with Crippen molar-refractivity contribution in [3.8, 4) is 28.1 Å². The zero-order valence-electron chi connectivity index (χ0n) is 22.2. The molecule has 38 heavy (non-hydrogen) atoms. The number of aliphatic imine (C=N–C) groups is 1. The number of carbonyl (C=O) groups excluding carboxylic acids is 1. The molecule has 1 fully saturated rings. The van der Waals surface area contributed by atoms with Crippen LogP contribution in [0.1, 0.15) is 19.8 Å². The van der Waals surface area contributed by atoms with E-state index in [0.717, 1.165) is 48.4 Å². The highest BCUT2D eigenvalue weighted by Gasteiger charge is 2.19. The summed E-state index contributed by atoms with van der Waals surface area (Å²) >= 11 is 0. The SMILES string of the molecule is CCOC(=O)NC(=NC)Nc1ccc(-c2ccn(C)c(=O)c2)cc1-c1ccc(OC2CCN(C)CC2)cn1. The maximum Gasteiger partial charge on any atom is 0.413 e. The summed E-state index contributed by atoms with van der Waals surface area (Å²) in [6.07, 6.45) is 5.01. The van der Waals surface area contributed by atoms with Crippen LogP contribution in [0.4, 0.5) is 10.5 Å².